The van der Waals surface area contributed by atoms with Gasteiger partial charge in [0, 0.05) is 24.3 Å². The minimum atomic E-state index is -0.315. The molecule has 35 heavy (non-hydrogen) atoms. The van der Waals surface area contributed by atoms with Crippen molar-refractivity contribution in [2.75, 3.05) is 0 Å². The third-order valence-electron chi connectivity index (χ3n) is 6.63. The molecule has 1 unspecified atom stereocenters. The minimum absolute atomic E-state index is 0.111. The van der Waals surface area contributed by atoms with E-state index in [2.05, 4.69) is 23.9 Å². The summed E-state index contributed by atoms with van der Waals surface area (Å²) in [5.41, 5.74) is 4.11. The number of aromatic nitrogens is 4. The number of aryl methyl sites for hydroxylation is 1. The second-order valence-corrected chi connectivity index (χ2v) is 10.1. The molecule has 0 amide bonds. The lowest BCUT2D eigenvalue weighted by atomic mass is 9.70. The van der Waals surface area contributed by atoms with E-state index in [1.165, 1.54) is 5.56 Å². The maximum atomic E-state index is 13.4. The highest BCUT2D eigenvalue weighted by Gasteiger charge is 2.43. The van der Waals surface area contributed by atoms with Crippen molar-refractivity contribution >= 4 is 11.4 Å². The zero-order valence-corrected chi connectivity index (χ0v) is 20.0. The minimum Gasteiger partial charge on any atom is -0.486 e. The fraction of sp³-hybridized carbons (Fsp3) is 0.286. The average Bonchev–Trinajstić information content (AvgIpc) is 3.25. The highest BCUT2D eigenvalue weighted by atomic mass is 16.5. The molecule has 0 N–H and O–H groups in total. The Morgan fingerprint density at radius 1 is 1.09 bits per heavy atom. The maximum absolute atomic E-state index is 13.4. The van der Waals surface area contributed by atoms with Crippen LogP contribution in [0.25, 0.3) is 5.65 Å². The Morgan fingerprint density at radius 3 is 2.63 bits per heavy atom. The number of allylic oxidation sites excluding steroid dienone is 2. The maximum Gasteiger partial charge on any atom is 0.228 e. The van der Waals surface area contributed by atoms with Crippen molar-refractivity contribution in [2.24, 2.45) is 5.41 Å². The second-order valence-electron chi connectivity index (χ2n) is 10.1. The first-order valence-corrected chi connectivity index (χ1v) is 11.8. The van der Waals surface area contributed by atoms with Gasteiger partial charge in [-0.1, -0.05) is 61.9 Å². The van der Waals surface area contributed by atoms with Gasteiger partial charge in [0.2, 0.25) is 5.88 Å². The fourth-order valence-corrected chi connectivity index (χ4v) is 5.01. The second kappa shape index (κ2) is 8.05. The summed E-state index contributed by atoms with van der Waals surface area (Å²) in [5, 5.41) is 4.59. The number of rotatable bonds is 4. The van der Waals surface area contributed by atoms with Gasteiger partial charge in [-0.05, 0) is 30.0 Å². The van der Waals surface area contributed by atoms with Gasteiger partial charge in [0.1, 0.15) is 24.4 Å². The van der Waals surface area contributed by atoms with Crippen molar-refractivity contribution in [1.82, 2.24) is 19.6 Å². The topological polar surface area (TPSA) is 78.6 Å². The molecule has 0 radical (unpaired) electrons. The van der Waals surface area contributed by atoms with Crippen molar-refractivity contribution in [3.63, 3.8) is 0 Å². The van der Waals surface area contributed by atoms with Crippen LogP contribution in [-0.4, -0.2) is 25.4 Å². The molecule has 0 bridgehead atoms. The summed E-state index contributed by atoms with van der Waals surface area (Å²) in [4.78, 5) is 22.8. The molecular formula is C28H26N4O3. The molecule has 1 aliphatic carbocycles. The molecule has 1 atom stereocenters. The number of benzene rings is 2. The summed E-state index contributed by atoms with van der Waals surface area (Å²) < 4.78 is 13.8. The Kier molecular flexibility index (Phi) is 4.95. The number of ether oxygens (including phenoxy) is 2. The Labute approximate surface area is 203 Å². The molecule has 2 aromatic carbocycles. The van der Waals surface area contributed by atoms with Crippen LogP contribution >= 0.6 is 0 Å². The van der Waals surface area contributed by atoms with E-state index >= 15 is 0 Å². The number of Topliss-reactive ketones (excluding diaryl/α,β-unsaturated/α-hetero) is 1. The molecule has 0 saturated carbocycles. The Hall–Kier alpha value is -4.00. The van der Waals surface area contributed by atoms with Crippen LogP contribution in [0.4, 0.5) is 0 Å². The van der Waals surface area contributed by atoms with Gasteiger partial charge >= 0.3 is 0 Å². The summed E-state index contributed by atoms with van der Waals surface area (Å²) in [5.74, 6) is 2.28. The van der Waals surface area contributed by atoms with Gasteiger partial charge in [-0.3, -0.25) is 4.79 Å². The van der Waals surface area contributed by atoms with Crippen molar-refractivity contribution in [3.8, 4) is 11.6 Å². The highest BCUT2D eigenvalue weighted by molar-refractivity contribution is 6.00. The molecule has 2 aromatic heterocycles. The summed E-state index contributed by atoms with van der Waals surface area (Å²) in [7, 11) is 0. The van der Waals surface area contributed by atoms with E-state index in [0.717, 1.165) is 16.9 Å². The molecule has 3 heterocycles. The van der Waals surface area contributed by atoms with Crippen LogP contribution in [0.3, 0.4) is 0 Å². The largest absolute Gasteiger partial charge is 0.486 e. The first-order valence-electron chi connectivity index (χ1n) is 11.8. The first-order chi connectivity index (χ1) is 16.9. The summed E-state index contributed by atoms with van der Waals surface area (Å²) in [6.07, 6.45) is 2.78. The van der Waals surface area contributed by atoms with Crippen LogP contribution in [-0.2, 0) is 11.4 Å². The molecule has 7 nitrogen and oxygen atoms in total. The van der Waals surface area contributed by atoms with Crippen molar-refractivity contribution in [1.29, 1.82) is 0 Å². The van der Waals surface area contributed by atoms with E-state index in [-0.39, 0.29) is 23.7 Å². The number of ketones is 1. The molecule has 0 fully saturated rings. The summed E-state index contributed by atoms with van der Waals surface area (Å²) >= 11 is 0. The summed E-state index contributed by atoms with van der Waals surface area (Å²) in [6.45, 7) is 6.45. The van der Waals surface area contributed by atoms with Gasteiger partial charge in [0.05, 0.1) is 5.56 Å². The number of hydrogen-bond acceptors (Lipinski definition) is 6. The van der Waals surface area contributed by atoms with Gasteiger partial charge in [0.25, 0.3) is 0 Å². The van der Waals surface area contributed by atoms with Gasteiger partial charge in [-0.25, -0.2) is 14.5 Å². The first kappa shape index (κ1) is 21.5. The number of carbonyl (C=O) groups excluding carboxylic acids is 1. The molecule has 0 spiro atoms. The molecule has 1 aliphatic heterocycles. The third-order valence-corrected chi connectivity index (χ3v) is 6.63. The third kappa shape index (κ3) is 3.87. The molecular weight excluding hydrogens is 440 g/mol. The standard InChI is InChI=1S/C28H26N4O3/c1-17-9-11-19(12-10-17)34-15-22-30-26-25-23(18-7-5-4-6-8-18)24-20(33)13-28(2,3)14-21(24)35-27(25)29-16-32(26)31-22/h4-12,16,23H,13-15H2,1-3H3. The number of carbonyl (C=O) groups is 1. The fourth-order valence-electron chi connectivity index (χ4n) is 5.01. The Morgan fingerprint density at radius 2 is 1.86 bits per heavy atom. The van der Waals surface area contributed by atoms with Crippen molar-refractivity contribution in [3.05, 3.63) is 94.8 Å². The smallest absolute Gasteiger partial charge is 0.228 e. The molecule has 2 aliphatic rings. The predicted molar refractivity (Wildman–Crippen MR) is 130 cm³/mol. The molecule has 176 valence electrons. The monoisotopic (exact) mass is 466 g/mol. The van der Waals surface area contributed by atoms with Crippen LogP contribution in [0.1, 0.15) is 55.1 Å². The highest BCUT2D eigenvalue weighted by Crippen LogP contribution is 2.50. The quantitative estimate of drug-likeness (QED) is 0.412. The lowest BCUT2D eigenvalue weighted by molar-refractivity contribution is -0.118. The van der Waals surface area contributed by atoms with Gasteiger partial charge < -0.3 is 9.47 Å². The van der Waals surface area contributed by atoms with Crippen molar-refractivity contribution < 1.29 is 14.3 Å². The normalized spacial score (nSPS) is 18.7. The van der Waals surface area contributed by atoms with Crippen LogP contribution < -0.4 is 9.47 Å². The average molecular weight is 467 g/mol. The van der Waals surface area contributed by atoms with Gasteiger partial charge in [-0.2, -0.15) is 0 Å². The zero-order chi connectivity index (χ0) is 24.2. The molecule has 0 saturated heterocycles. The van der Waals surface area contributed by atoms with Crippen molar-refractivity contribution in [2.45, 2.75) is 46.1 Å². The lowest BCUT2D eigenvalue weighted by Crippen LogP contribution is -2.33. The number of nitrogens with zero attached hydrogens (tertiary/aromatic N) is 4. The van der Waals surface area contributed by atoms with Crippen LogP contribution in [0, 0.1) is 12.3 Å². The van der Waals surface area contributed by atoms with Crippen LogP contribution in [0.15, 0.2) is 72.3 Å². The Balaban J connectivity index is 1.45. The Bertz CT molecular complexity index is 1470. The van der Waals surface area contributed by atoms with Gasteiger partial charge in [-0.15, -0.1) is 5.10 Å². The van der Waals surface area contributed by atoms with E-state index in [9.17, 15) is 4.79 Å². The lowest BCUT2D eigenvalue weighted by Gasteiger charge is -2.37. The van der Waals surface area contributed by atoms with E-state index < -0.39 is 0 Å². The zero-order valence-electron chi connectivity index (χ0n) is 20.0. The van der Waals surface area contributed by atoms with E-state index in [1.807, 2.05) is 61.5 Å². The molecule has 6 rings (SSSR count). The van der Waals surface area contributed by atoms with E-state index in [4.69, 9.17) is 14.5 Å². The predicted octanol–water partition coefficient (Wildman–Crippen LogP) is 5.18. The van der Waals surface area contributed by atoms with E-state index in [0.29, 0.717) is 41.5 Å². The SMILES string of the molecule is Cc1ccc(OCc2nc3c4c(ncn3n2)OC2=C(C(=O)CC(C)(C)C2)C4c2ccccc2)cc1. The van der Waals surface area contributed by atoms with Crippen LogP contribution in [0.2, 0.25) is 0 Å². The van der Waals surface area contributed by atoms with Gasteiger partial charge in [0.15, 0.2) is 17.3 Å². The number of fused-ring (bicyclic) bond motifs is 3. The van der Waals surface area contributed by atoms with Crippen LogP contribution in [0.5, 0.6) is 11.6 Å². The van der Waals surface area contributed by atoms with E-state index in [1.54, 1.807) is 10.8 Å². The summed E-state index contributed by atoms with van der Waals surface area (Å²) in [6, 6.07) is 17.9. The number of hydrogen-bond donors (Lipinski definition) is 0. The molecule has 7 heteroatoms. The molecule has 4 aromatic rings.